The van der Waals surface area contributed by atoms with E-state index in [0.29, 0.717) is 47.2 Å². The lowest BCUT2D eigenvalue weighted by molar-refractivity contribution is -0.366. The van der Waals surface area contributed by atoms with Crippen LogP contribution in [0.1, 0.15) is 108 Å². The predicted molar refractivity (Wildman–Crippen MR) is 207 cm³/mol. The number of hydrogen-bond acceptors (Lipinski definition) is 9. The quantitative estimate of drug-likeness (QED) is 0.239. The Labute approximate surface area is 331 Å². The van der Waals surface area contributed by atoms with Gasteiger partial charge >= 0.3 is 5.97 Å². The molecule has 0 amide bonds. The van der Waals surface area contributed by atoms with Gasteiger partial charge in [0.05, 0.1) is 31.0 Å². The summed E-state index contributed by atoms with van der Waals surface area (Å²) >= 11 is 0. The normalized spacial score (nSPS) is 48.1. The van der Waals surface area contributed by atoms with Gasteiger partial charge in [-0.25, -0.2) is 4.79 Å². The van der Waals surface area contributed by atoms with E-state index in [1.807, 2.05) is 36.4 Å². The zero-order valence-electron chi connectivity index (χ0n) is 33.4. The summed E-state index contributed by atoms with van der Waals surface area (Å²) in [4.78, 5) is 13.4. The highest BCUT2D eigenvalue weighted by molar-refractivity contribution is 5.89. The molecule has 2 aromatic rings. The monoisotopic (exact) mass is 768 g/mol. The fourth-order valence-corrected chi connectivity index (χ4v) is 13.3. The van der Waals surface area contributed by atoms with Crippen LogP contribution in [0.3, 0.4) is 0 Å². The molecule has 7 fully saturated rings. The fourth-order valence-electron chi connectivity index (χ4n) is 13.3. The highest BCUT2D eigenvalue weighted by atomic mass is 16.8. The minimum absolute atomic E-state index is 0.126. The molecule has 1 spiro atoms. The van der Waals surface area contributed by atoms with Gasteiger partial charge in [0.1, 0.15) is 18.3 Å². The number of benzene rings is 2. The molecular weight excluding hydrogens is 709 g/mol. The van der Waals surface area contributed by atoms with Gasteiger partial charge in [-0.3, -0.25) is 0 Å². The number of aliphatic hydroxyl groups excluding tert-OH is 1. The first-order valence-corrected chi connectivity index (χ1v) is 21.6. The van der Waals surface area contributed by atoms with Gasteiger partial charge in [0.25, 0.3) is 0 Å². The van der Waals surface area contributed by atoms with Crippen LogP contribution in [0.25, 0.3) is 0 Å². The lowest BCUT2D eigenvalue weighted by Gasteiger charge is -2.58. The van der Waals surface area contributed by atoms with Crippen LogP contribution >= 0.6 is 0 Å². The average molecular weight is 769 g/mol. The molecule has 0 unspecified atom stereocenters. The third-order valence-corrected chi connectivity index (χ3v) is 16.3. The van der Waals surface area contributed by atoms with Gasteiger partial charge in [-0.15, -0.1) is 0 Å². The Hall–Kier alpha value is -2.63. The van der Waals surface area contributed by atoms with Crippen LogP contribution < -0.4 is 0 Å². The second kappa shape index (κ2) is 14.3. The summed E-state index contributed by atoms with van der Waals surface area (Å²) in [5.74, 6) is 2.67. The van der Waals surface area contributed by atoms with Crippen molar-refractivity contribution in [1.29, 1.82) is 0 Å². The van der Waals surface area contributed by atoms with Gasteiger partial charge in [-0.2, -0.15) is 0 Å². The maximum atomic E-state index is 13.4. The van der Waals surface area contributed by atoms with Gasteiger partial charge in [0.2, 0.25) is 0 Å². The Kier molecular flexibility index (Phi) is 9.60. The van der Waals surface area contributed by atoms with Gasteiger partial charge in [-0.05, 0) is 104 Å². The van der Waals surface area contributed by atoms with E-state index in [0.717, 1.165) is 50.7 Å². The van der Waals surface area contributed by atoms with E-state index in [9.17, 15) is 9.90 Å². The average Bonchev–Trinajstić information content (AvgIpc) is 3.66. The minimum atomic E-state index is -1.25. The summed E-state index contributed by atoms with van der Waals surface area (Å²) in [5.41, 5.74) is 3.15. The predicted octanol–water partition coefficient (Wildman–Crippen LogP) is 8.16. The van der Waals surface area contributed by atoms with Crippen molar-refractivity contribution in [2.45, 2.75) is 140 Å². The standard InChI is InChI=1S/C47H60O9/c1-27-17-22-47(51-25-27)28(2)38-36(56-47)24-35-33-16-15-31-23-32(18-20-45(31,3)34(33)19-21-46(35,38)4)52-44-39(48)41(54-42(49)29-11-7-5-8-12-29)40-37(53-44)26-50-43(55-40)30-13-9-6-10-14-30/h5-15,27-28,32-41,43-44,48H,16-26H2,1-4H3/t27-,28+,32+,33-,34+,35+,36+,37-,38+,39-,40+,41-,43-,44-,45+,46+,47-/m1/s1. The maximum absolute atomic E-state index is 13.4. The molecule has 302 valence electrons. The minimum Gasteiger partial charge on any atom is -0.453 e. The van der Waals surface area contributed by atoms with Crippen LogP contribution in [0.15, 0.2) is 72.3 Å². The van der Waals surface area contributed by atoms with Gasteiger partial charge in [0.15, 0.2) is 24.5 Å². The Morgan fingerprint density at radius 2 is 1.66 bits per heavy atom. The largest absolute Gasteiger partial charge is 0.453 e. The van der Waals surface area contributed by atoms with E-state index >= 15 is 0 Å². The van der Waals surface area contributed by atoms with Crippen molar-refractivity contribution in [1.82, 2.24) is 0 Å². The first-order valence-electron chi connectivity index (χ1n) is 21.6. The Morgan fingerprint density at radius 1 is 0.875 bits per heavy atom. The zero-order chi connectivity index (χ0) is 38.4. The highest BCUT2D eigenvalue weighted by Crippen LogP contribution is 2.70. The number of rotatable bonds is 5. The maximum Gasteiger partial charge on any atom is 0.338 e. The lowest BCUT2D eigenvalue weighted by atomic mass is 9.47. The molecule has 3 saturated carbocycles. The summed E-state index contributed by atoms with van der Waals surface area (Å²) in [6.45, 7) is 10.9. The van der Waals surface area contributed by atoms with Gasteiger partial charge in [-0.1, -0.05) is 87.9 Å². The number of hydrogen-bond donors (Lipinski definition) is 1. The summed E-state index contributed by atoms with van der Waals surface area (Å²) < 4.78 is 45.4. The SMILES string of the molecule is C[C@@H]1CC[C@@]2(OC1)O[C@H]1C[C@H]3[C@@H]4CC=C5C[C@@H](O[C@@H]6O[C@@H]7CO[C@@H](c8ccccc8)O[C@@H]7[C@H](OC(=O)c7ccccc7)[C@H]6O)CC[C@]5(C)[C@H]4CC[C@]3(C)[C@H]1[C@@H]2C. The van der Waals surface area contributed by atoms with Crippen LogP contribution in [0.2, 0.25) is 0 Å². The number of allylic oxidation sites excluding steroid dienone is 1. The van der Waals surface area contributed by atoms with E-state index in [4.69, 9.17) is 33.2 Å². The molecule has 1 N–H and O–H groups in total. The molecule has 17 atom stereocenters. The van der Waals surface area contributed by atoms with Crippen molar-refractivity contribution >= 4 is 5.97 Å². The van der Waals surface area contributed by atoms with E-state index in [1.165, 1.54) is 24.8 Å². The van der Waals surface area contributed by atoms with E-state index in [1.54, 1.807) is 24.3 Å². The molecule has 4 aliphatic carbocycles. The first-order chi connectivity index (χ1) is 27.1. The molecular formula is C47H60O9. The molecule has 56 heavy (non-hydrogen) atoms. The van der Waals surface area contributed by atoms with Crippen molar-refractivity contribution in [2.75, 3.05) is 13.2 Å². The number of ether oxygens (including phenoxy) is 7. The topological polar surface area (TPSA) is 102 Å². The molecule has 9 nitrogen and oxygen atoms in total. The highest BCUT2D eigenvalue weighted by Gasteiger charge is 2.68. The number of aliphatic hydroxyl groups is 1. The van der Waals surface area contributed by atoms with Crippen LogP contribution in [0, 0.1) is 46.3 Å². The van der Waals surface area contributed by atoms with Crippen molar-refractivity contribution < 1.29 is 43.1 Å². The molecule has 0 aromatic heterocycles. The summed E-state index contributed by atoms with van der Waals surface area (Å²) in [5, 5.41) is 11.9. The van der Waals surface area contributed by atoms with Crippen LogP contribution in [-0.2, 0) is 33.2 Å². The zero-order valence-corrected chi connectivity index (χ0v) is 33.4. The lowest BCUT2D eigenvalue weighted by Crippen LogP contribution is -2.63. The van der Waals surface area contributed by atoms with Crippen molar-refractivity contribution in [3.05, 3.63) is 83.4 Å². The summed E-state index contributed by atoms with van der Waals surface area (Å²) in [6, 6.07) is 18.5. The smallest absolute Gasteiger partial charge is 0.338 e. The van der Waals surface area contributed by atoms with E-state index in [2.05, 4.69) is 33.8 Å². The van der Waals surface area contributed by atoms with Crippen LogP contribution in [0.4, 0.5) is 0 Å². The number of carbonyl (C=O) groups excluding carboxylic acids is 1. The number of esters is 1. The third kappa shape index (κ3) is 6.08. The molecule has 2 aromatic carbocycles. The van der Waals surface area contributed by atoms with Crippen molar-refractivity contribution in [3.8, 4) is 0 Å². The van der Waals surface area contributed by atoms with Crippen molar-refractivity contribution in [2.24, 2.45) is 46.3 Å². The third-order valence-electron chi connectivity index (χ3n) is 16.3. The molecule has 0 radical (unpaired) electrons. The number of fused-ring (bicyclic) bond motifs is 8. The molecule has 9 heteroatoms. The summed E-state index contributed by atoms with van der Waals surface area (Å²) in [7, 11) is 0. The molecule has 4 aliphatic heterocycles. The Morgan fingerprint density at radius 3 is 2.43 bits per heavy atom. The Bertz CT molecular complexity index is 1780. The van der Waals surface area contributed by atoms with Crippen LogP contribution in [0.5, 0.6) is 0 Å². The van der Waals surface area contributed by atoms with Crippen LogP contribution in [-0.4, -0.2) is 73.0 Å². The second-order valence-electron chi connectivity index (χ2n) is 19.2. The Balaban J connectivity index is 0.836. The van der Waals surface area contributed by atoms with Gasteiger partial charge in [0, 0.05) is 17.9 Å². The van der Waals surface area contributed by atoms with E-state index in [-0.39, 0.29) is 29.3 Å². The first kappa shape index (κ1) is 37.6. The summed E-state index contributed by atoms with van der Waals surface area (Å²) in [6.07, 6.45) is 7.19. The number of carbonyl (C=O) groups is 1. The molecule has 4 heterocycles. The molecule has 10 rings (SSSR count). The second-order valence-corrected chi connectivity index (χ2v) is 19.2. The molecule has 0 bridgehead atoms. The molecule has 4 saturated heterocycles. The van der Waals surface area contributed by atoms with E-state index < -0.39 is 43.0 Å². The van der Waals surface area contributed by atoms with Gasteiger partial charge < -0.3 is 38.3 Å². The fraction of sp³-hybridized carbons (Fsp3) is 0.681. The van der Waals surface area contributed by atoms with Crippen molar-refractivity contribution in [3.63, 3.8) is 0 Å². The molecule has 8 aliphatic rings.